The molecule has 3 rings (SSSR count). The average molecular weight is 476 g/mol. The quantitative estimate of drug-likeness (QED) is 0.615. The lowest BCUT2D eigenvalue weighted by molar-refractivity contribution is -0.143. The molecule has 1 aliphatic rings. The van der Waals surface area contributed by atoms with Crippen LogP contribution in [-0.4, -0.2) is 29.6 Å². The minimum absolute atomic E-state index is 0.0469. The lowest BCUT2D eigenvalue weighted by Gasteiger charge is -2.21. The van der Waals surface area contributed by atoms with E-state index in [1.54, 1.807) is 0 Å². The molecule has 2 aromatic rings. The Bertz CT molecular complexity index is 1070. The second kappa shape index (κ2) is 8.93. The molecule has 0 fully saturated rings. The zero-order valence-electron chi connectivity index (χ0n) is 16.8. The van der Waals surface area contributed by atoms with Gasteiger partial charge in [-0.2, -0.15) is 26.3 Å². The zero-order valence-corrected chi connectivity index (χ0v) is 16.8. The van der Waals surface area contributed by atoms with Gasteiger partial charge in [-0.3, -0.25) is 9.59 Å². The highest BCUT2D eigenvalue weighted by Gasteiger charge is 2.38. The number of carbonyl (C=O) groups is 2. The highest BCUT2D eigenvalue weighted by molar-refractivity contribution is 6.00. The molecule has 0 radical (unpaired) electrons. The van der Waals surface area contributed by atoms with E-state index in [9.17, 15) is 35.9 Å². The third-order valence-electron chi connectivity index (χ3n) is 5.06. The molecule has 1 amide bonds. The molecule has 0 unspecified atom stereocenters. The molecular weight excluding hydrogens is 458 g/mol. The minimum atomic E-state index is -5.01. The van der Waals surface area contributed by atoms with Gasteiger partial charge in [-0.05, 0) is 42.3 Å². The van der Waals surface area contributed by atoms with E-state index in [0.29, 0.717) is 23.7 Å². The number of aliphatic carboxylic acids is 1. The molecule has 0 aromatic heterocycles. The molecule has 178 valence electrons. The zero-order chi connectivity index (χ0) is 24.6. The van der Waals surface area contributed by atoms with E-state index >= 15 is 0 Å². The van der Waals surface area contributed by atoms with Crippen molar-refractivity contribution in [3.63, 3.8) is 0 Å². The van der Waals surface area contributed by atoms with Crippen molar-refractivity contribution >= 4 is 17.6 Å². The van der Waals surface area contributed by atoms with Gasteiger partial charge >= 0.3 is 18.3 Å². The first kappa shape index (κ1) is 24.4. The van der Waals surface area contributed by atoms with Gasteiger partial charge in [0, 0.05) is 17.8 Å². The van der Waals surface area contributed by atoms with Crippen LogP contribution in [0.1, 0.15) is 28.7 Å². The lowest BCUT2D eigenvalue weighted by Crippen LogP contribution is -2.44. The van der Waals surface area contributed by atoms with Crippen molar-refractivity contribution < 1.29 is 45.8 Å². The van der Waals surface area contributed by atoms with Gasteiger partial charge in [0.1, 0.15) is 12.4 Å². The molecular formula is C21H18F6N2O4. The number of fused-ring (bicyclic) bond motifs is 1. The summed E-state index contributed by atoms with van der Waals surface area (Å²) in [4.78, 5) is 24.5. The summed E-state index contributed by atoms with van der Waals surface area (Å²) in [6.07, 6.45) is -10.1. The Balaban J connectivity index is 1.77. The largest absolute Gasteiger partial charge is 0.489 e. The summed E-state index contributed by atoms with van der Waals surface area (Å²) in [6, 6.07) is 4.48. The van der Waals surface area contributed by atoms with E-state index in [1.165, 1.54) is 23.1 Å². The van der Waals surface area contributed by atoms with Crippen LogP contribution in [0.3, 0.4) is 0 Å². The van der Waals surface area contributed by atoms with Crippen LogP contribution in [0.4, 0.5) is 32.0 Å². The number of carboxylic acids is 1. The summed E-state index contributed by atoms with van der Waals surface area (Å²) in [5, 5.41) is 8.79. The predicted molar refractivity (Wildman–Crippen MR) is 104 cm³/mol. The Kier molecular flexibility index (Phi) is 6.59. The van der Waals surface area contributed by atoms with Crippen molar-refractivity contribution in [3.05, 3.63) is 58.7 Å². The number of nitrogens with two attached hydrogens (primary N) is 1. The first-order valence-corrected chi connectivity index (χ1v) is 9.59. The first-order chi connectivity index (χ1) is 15.3. The van der Waals surface area contributed by atoms with Crippen molar-refractivity contribution in [2.45, 2.75) is 37.8 Å². The number of ether oxygens (including phenoxy) is 1. The molecule has 0 saturated carbocycles. The maximum atomic E-state index is 13.3. The molecule has 2 aromatic carbocycles. The number of hydrogen-bond acceptors (Lipinski definition) is 4. The van der Waals surface area contributed by atoms with Gasteiger partial charge in [0.05, 0.1) is 23.6 Å². The molecule has 0 aliphatic carbocycles. The van der Waals surface area contributed by atoms with E-state index in [0.717, 1.165) is 6.07 Å². The molecule has 33 heavy (non-hydrogen) atoms. The topological polar surface area (TPSA) is 92.9 Å². The van der Waals surface area contributed by atoms with Gasteiger partial charge in [0.2, 0.25) is 5.91 Å². The number of amides is 1. The average Bonchev–Trinajstić information content (AvgIpc) is 3.12. The van der Waals surface area contributed by atoms with Crippen LogP contribution in [0.25, 0.3) is 0 Å². The smallest absolute Gasteiger partial charge is 0.416 e. The Hall–Kier alpha value is -3.28. The number of nitrogens with zero attached hydrogens (tertiary/aromatic N) is 1. The minimum Gasteiger partial charge on any atom is -0.489 e. The summed E-state index contributed by atoms with van der Waals surface area (Å²) in [6.45, 7) is -0.389. The molecule has 3 N–H and O–H groups in total. The Morgan fingerprint density at radius 2 is 1.76 bits per heavy atom. The number of carboxylic acid groups (broad SMARTS) is 1. The van der Waals surface area contributed by atoms with Crippen molar-refractivity contribution in [2.75, 3.05) is 11.4 Å². The highest BCUT2D eigenvalue weighted by Crippen LogP contribution is 2.38. The molecule has 0 saturated heterocycles. The second-order valence-corrected chi connectivity index (χ2v) is 7.39. The summed E-state index contributed by atoms with van der Waals surface area (Å²) in [5.41, 5.74) is 3.41. The Morgan fingerprint density at radius 3 is 2.36 bits per heavy atom. The molecule has 0 spiro atoms. The normalized spacial score (nSPS) is 14.7. The molecule has 6 nitrogen and oxygen atoms in total. The van der Waals surface area contributed by atoms with E-state index in [1.807, 2.05) is 0 Å². The van der Waals surface area contributed by atoms with Gasteiger partial charge < -0.3 is 20.5 Å². The second-order valence-electron chi connectivity index (χ2n) is 7.39. The molecule has 12 heteroatoms. The van der Waals surface area contributed by atoms with E-state index in [-0.39, 0.29) is 18.4 Å². The van der Waals surface area contributed by atoms with Gasteiger partial charge in [0.25, 0.3) is 0 Å². The number of alkyl halides is 6. The van der Waals surface area contributed by atoms with Crippen LogP contribution >= 0.6 is 0 Å². The standard InChI is InChI=1S/C21H18F6N2O4/c22-20(23,24)13-2-1-12(15(8-13)21(25,26)27)10-33-14-3-4-17-11(7-14)5-6-29(17)19(32)16(28)9-18(30)31/h1-4,7-8,16H,5-6,9-10,28H2,(H,30,31)/t16-/m1/s1. The number of halogens is 6. The number of anilines is 1. The molecule has 1 aliphatic heterocycles. The van der Waals surface area contributed by atoms with E-state index in [4.69, 9.17) is 15.6 Å². The van der Waals surface area contributed by atoms with Gasteiger partial charge in [-0.1, -0.05) is 6.07 Å². The number of carbonyl (C=O) groups excluding carboxylic acids is 1. The van der Waals surface area contributed by atoms with Crippen LogP contribution in [0.15, 0.2) is 36.4 Å². The van der Waals surface area contributed by atoms with Crippen molar-refractivity contribution in [3.8, 4) is 5.75 Å². The van der Waals surface area contributed by atoms with Crippen LogP contribution in [0, 0.1) is 0 Å². The third kappa shape index (κ3) is 5.56. The van der Waals surface area contributed by atoms with Crippen LogP contribution in [0.5, 0.6) is 5.75 Å². The van der Waals surface area contributed by atoms with Crippen molar-refractivity contribution in [1.29, 1.82) is 0 Å². The maximum absolute atomic E-state index is 13.3. The fourth-order valence-corrected chi connectivity index (χ4v) is 3.48. The van der Waals surface area contributed by atoms with Gasteiger partial charge in [-0.15, -0.1) is 0 Å². The Morgan fingerprint density at radius 1 is 1.06 bits per heavy atom. The highest BCUT2D eigenvalue weighted by atomic mass is 19.4. The van der Waals surface area contributed by atoms with E-state index in [2.05, 4.69) is 0 Å². The van der Waals surface area contributed by atoms with Crippen LogP contribution < -0.4 is 15.4 Å². The van der Waals surface area contributed by atoms with E-state index < -0.39 is 60.0 Å². The monoisotopic (exact) mass is 476 g/mol. The predicted octanol–water partition coefficient (Wildman–Crippen LogP) is 3.99. The number of hydrogen-bond donors (Lipinski definition) is 2. The van der Waals surface area contributed by atoms with Crippen molar-refractivity contribution in [2.24, 2.45) is 5.73 Å². The van der Waals surface area contributed by atoms with Crippen LogP contribution in [-0.2, 0) is 35.0 Å². The van der Waals surface area contributed by atoms with Crippen molar-refractivity contribution in [1.82, 2.24) is 0 Å². The molecule has 1 atom stereocenters. The number of benzene rings is 2. The first-order valence-electron chi connectivity index (χ1n) is 9.59. The van der Waals surface area contributed by atoms with Gasteiger partial charge in [-0.25, -0.2) is 0 Å². The maximum Gasteiger partial charge on any atom is 0.416 e. The summed E-state index contributed by atoms with van der Waals surface area (Å²) < 4.78 is 83.6. The number of rotatable bonds is 6. The summed E-state index contributed by atoms with van der Waals surface area (Å²) in [7, 11) is 0. The van der Waals surface area contributed by atoms with Crippen LogP contribution in [0.2, 0.25) is 0 Å². The summed E-state index contributed by atoms with van der Waals surface area (Å²) in [5.74, 6) is -1.64. The van der Waals surface area contributed by atoms with Gasteiger partial charge in [0.15, 0.2) is 0 Å². The lowest BCUT2D eigenvalue weighted by atomic mass is 10.0. The molecule has 1 heterocycles. The fraction of sp³-hybridized carbons (Fsp3) is 0.333. The summed E-state index contributed by atoms with van der Waals surface area (Å²) >= 11 is 0. The SMILES string of the molecule is N[C@H](CC(=O)O)C(=O)N1CCc2cc(OCc3ccc(C(F)(F)F)cc3C(F)(F)F)ccc21. The third-order valence-corrected chi connectivity index (χ3v) is 5.06. The Labute approximate surface area is 183 Å². The molecule has 0 bridgehead atoms. The fourth-order valence-electron chi connectivity index (χ4n) is 3.48.